The molecule has 1 aromatic heterocycles. The van der Waals surface area contributed by atoms with Crippen molar-refractivity contribution in [3.63, 3.8) is 0 Å². The van der Waals surface area contributed by atoms with E-state index in [2.05, 4.69) is 5.16 Å². The molecule has 0 atom stereocenters. The lowest BCUT2D eigenvalue weighted by Crippen LogP contribution is -2.48. The van der Waals surface area contributed by atoms with Gasteiger partial charge in [0.05, 0.1) is 12.1 Å². The fourth-order valence-electron chi connectivity index (χ4n) is 5.18. The van der Waals surface area contributed by atoms with Crippen molar-refractivity contribution in [3.05, 3.63) is 17.5 Å². The molecule has 1 aromatic rings. The molecular formula is C14H18ClNO. The van der Waals surface area contributed by atoms with E-state index in [0.717, 1.165) is 29.1 Å². The molecule has 0 aliphatic heterocycles. The van der Waals surface area contributed by atoms with Gasteiger partial charge in [0.15, 0.2) is 0 Å². The second-order valence-electron chi connectivity index (χ2n) is 6.51. The second-order valence-corrected chi connectivity index (χ2v) is 6.78. The SMILES string of the molecule is ClCc1cnoc1C12CC3CC(CC(C3)C1)C2. The molecule has 17 heavy (non-hydrogen) atoms. The van der Waals surface area contributed by atoms with Crippen LogP contribution in [-0.2, 0) is 11.3 Å². The molecule has 4 saturated carbocycles. The van der Waals surface area contributed by atoms with E-state index in [4.69, 9.17) is 16.1 Å². The number of halogens is 1. The summed E-state index contributed by atoms with van der Waals surface area (Å²) in [6.07, 6.45) is 10.2. The molecule has 5 rings (SSSR count). The topological polar surface area (TPSA) is 26.0 Å². The first-order valence-electron chi connectivity index (χ1n) is 6.79. The van der Waals surface area contributed by atoms with Crippen LogP contribution in [0.15, 0.2) is 10.7 Å². The van der Waals surface area contributed by atoms with Crippen molar-refractivity contribution in [1.29, 1.82) is 0 Å². The van der Waals surface area contributed by atoms with Crippen LogP contribution in [0.25, 0.3) is 0 Å². The molecule has 2 nitrogen and oxygen atoms in total. The normalized spacial score (nSPS) is 43.2. The third-order valence-corrected chi connectivity index (χ3v) is 5.60. The molecule has 4 aliphatic carbocycles. The lowest BCUT2D eigenvalue weighted by molar-refractivity contribution is -0.0179. The van der Waals surface area contributed by atoms with E-state index in [-0.39, 0.29) is 0 Å². The van der Waals surface area contributed by atoms with Crippen LogP contribution in [0.3, 0.4) is 0 Å². The average molecular weight is 252 g/mol. The number of hydrogen-bond acceptors (Lipinski definition) is 2. The molecule has 0 aromatic carbocycles. The molecule has 0 amide bonds. The first-order chi connectivity index (χ1) is 8.29. The molecule has 92 valence electrons. The van der Waals surface area contributed by atoms with Crippen molar-refractivity contribution in [1.82, 2.24) is 5.16 Å². The Balaban J connectivity index is 1.77. The standard InChI is InChI=1S/C14H18ClNO/c15-7-12-8-16-17-13(12)14-4-9-1-10(5-14)3-11(2-9)6-14/h8-11H,1-7H2. The number of hydrogen-bond donors (Lipinski definition) is 0. The lowest BCUT2D eigenvalue weighted by atomic mass is 9.49. The molecule has 0 saturated heterocycles. The highest BCUT2D eigenvalue weighted by atomic mass is 35.5. The monoisotopic (exact) mass is 251 g/mol. The number of nitrogens with zero attached hydrogens (tertiary/aromatic N) is 1. The highest BCUT2D eigenvalue weighted by Crippen LogP contribution is 2.61. The van der Waals surface area contributed by atoms with Gasteiger partial charge in [-0.15, -0.1) is 11.6 Å². The zero-order chi connectivity index (χ0) is 11.5. The summed E-state index contributed by atoms with van der Waals surface area (Å²) in [5.74, 6) is 4.49. The Morgan fingerprint density at radius 2 is 1.76 bits per heavy atom. The summed E-state index contributed by atoms with van der Waals surface area (Å²) in [5, 5.41) is 3.99. The molecule has 4 aliphatic rings. The average Bonchev–Trinajstić information content (AvgIpc) is 2.75. The zero-order valence-electron chi connectivity index (χ0n) is 9.99. The van der Waals surface area contributed by atoms with Gasteiger partial charge in [-0.3, -0.25) is 0 Å². The predicted molar refractivity (Wildman–Crippen MR) is 65.9 cm³/mol. The highest BCUT2D eigenvalue weighted by Gasteiger charge is 2.54. The van der Waals surface area contributed by atoms with Crippen LogP contribution in [0.5, 0.6) is 0 Å². The van der Waals surface area contributed by atoms with E-state index in [9.17, 15) is 0 Å². The van der Waals surface area contributed by atoms with Crippen LogP contribution in [0.4, 0.5) is 0 Å². The van der Waals surface area contributed by atoms with Gasteiger partial charge in [-0.1, -0.05) is 5.16 Å². The summed E-state index contributed by atoms with van der Waals surface area (Å²) in [4.78, 5) is 0. The van der Waals surface area contributed by atoms with E-state index < -0.39 is 0 Å². The van der Waals surface area contributed by atoms with Crippen LogP contribution in [0, 0.1) is 17.8 Å². The van der Waals surface area contributed by atoms with Crippen LogP contribution in [-0.4, -0.2) is 5.16 Å². The van der Waals surface area contributed by atoms with Crippen molar-refractivity contribution in [2.75, 3.05) is 0 Å². The number of aromatic nitrogens is 1. The van der Waals surface area contributed by atoms with Gasteiger partial charge < -0.3 is 4.52 Å². The van der Waals surface area contributed by atoms with Gasteiger partial charge in [0.25, 0.3) is 0 Å². The van der Waals surface area contributed by atoms with Crippen molar-refractivity contribution in [2.45, 2.75) is 49.8 Å². The van der Waals surface area contributed by atoms with Gasteiger partial charge in [-0.2, -0.15) is 0 Å². The van der Waals surface area contributed by atoms with E-state index >= 15 is 0 Å². The smallest absolute Gasteiger partial charge is 0.147 e. The van der Waals surface area contributed by atoms with Crippen LogP contribution < -0.4 is 0 Å². The Hall–Kier alpha value is -0.500. The zero-order valence-corrected chi connectivity index (χ0v) is 10.7. The Morgan fingerprint density at radius 3 is 2.29 bits per heavy atom. The van der Waals surface area contributed by atoms with Crippen LogP contribution in [0.1, 0.15) is 49.8 Å². The lowest BCUT2D eigenvalue weighted by Gasteiger charge is -2.55. The summed E-state index contributed by atoms with van der Waals surface area (Å²) in [5.41, 5.74) is 1.43. The van der Waals surface area contributed by atoms with Gasteiger partial charge in [0.1, 0.15) is 5.76 Å². The number of rotatable bonds is 2. The molecule has 0 N–H and O–H groups in total. The highest BCUT2D eigenvalue weighted by molar-refractivity contribution is 6.17. The Kier molecular flexibility index (Phi) is 2.15. The van der Waals surface area contributed by atoms with Gasteiger partial charge in [0.2, 0.25) is 0 Å². The third kappa shape index (κ3) is 1.43. The first-order valence-corrected chi connectivity index (χ1v) is 7.32. The summed E-state index contributed by atoms with van der Waals surface area (Å²) in [6, 6.07) is 0. The maximum Gasteiger partial charge on any atom is 0.147 e. The maximum absolute atomic E-state index is 6.01. The van der Waals surface area contributed by atoms with Crippen molar-refractivity contribution < 1.29 is 4.52 Å². The Morgan fingerprint density at radius 1 is 1.18 bits per heavy atom. The van der Waals surface area contributed by atoms with Gasteiger partial charge in [0, 0.05) is 11.0 Å². The molecule has 0 unspecified atom stereocenters. The van der Waals surface area contributed by atoms with E-state index in [1.165, 1.54) is 38.5 Å². The van der Waals surface area contributed by atoms with Gasteiger partial charge in [-0.05, 0) is 56.3 Å². The van der Waals surface area contributed by atoms with Crippen molar-refractivity contribution >= 4 is 11.6 Å². The summed E-state index contributed by atoms with van der Waals surface area (Å²) in [6.45, 7) is 0. The fraction of sp³-hybridized carbons (Fsp3) is 0.786. The molecule has 3 heteroatoms. The minimum atomic E-state index is 0.301. The van der Waals surface area contributed by atoms with E-state index in [1.807, 2.05) is 6.20 Å². The summed E-state index contributed by atoms with van der Waals surface area (Å²) >= 11 is 6.01. The minimum absolute atomic E-state index is 0.301. The molecule has 4 bridgehead atoms. The third-order valence-electron chi connectivity index (χ3n) is 5.31. The Labute approximate surface area is 107 Å². The first kappa shape index (κ1) is 10.4. The maximum atomic E-state index is 6.01. The van der Waals surface area contributed by atoms with Crippen molar-refractivity contribution in [2.24, 2.45) is 17.8 Å². The molecular weight excluding hydrogens is 234 g/mol. The number of alkyl halides is 1. The fourth-order valence-corrected chi connectivity index (χ4v) is 5.37. The van der Waals surface area contributed by atoms with Crippen molar-refractivity contribution in [3.8, 4) is 0 Å². The molecule has 1 heterocycles. The molecule has 0 spiro atoms. The van der Waals surface area contributed by atoms with Gasteiger partial charge in [-0.25, -0.2) is 0 Å². The summed E-state index contributed by atoms with van der Waals surface area (Å²) < 4.78 is 5.61. The van der Waals surface area contributed by atoms with Crippen LogP contribution in [0.2, 0.25) is 0 Å². The molecule has 0 radical (unpaired) electrons. The molecule has 4 fully saturated rings. The summed E-state index contributed by atoms with van der Waals surface area (Å²) in [7, 11) is 0. The van der Waals surface area contributed by atoms with E-state index in [1.54, 1.807) is 0 Å². The van der Waals surface area contributed by atoms with Gasteiger partial charge >= 0.3 is 0 Å². The predicted octanol–water partition coefficient (Wildman–Crippen LogP) is 3.88. The second kappa shape index (κ2) is 3.50. The van der Waals surface area contributed by atoms with E-state index in [0.29, 0.717) is 11.3 Å². The Bertz CT molecular complexity index is 404. The largest absolute Gasteiger partial charge is 0.360 e. The quantitative estimate of drug-likeness (QED) is 0.746. The van der Waals surface area contributed by atoms with Crippen LogP contribution >= 0.6 is 11.6 Å². The minimum Gasteiger partial charge on any atom is -0.360 e.